The second-order valence-electron chi connectivity index (χ2n) is 3.99. The first-order valence-electron chi connectivity index (χ1n) is 4.98. The third kappa shape index (κ3) is 1.78. The van der Waals surface area contributed by atoms with Gasteiger partial charge in [0.25, 0.3) is 0 Å². The topological polar surface area (TPSA) is 24.1 Å². The summed E-state index contributed by atoms with van der Waals surface area (Å²) < 4.78 is 0. The molecule has 0 spiro atoms. The van der Waals surface area contributed by atoms with E-state index in [4.69, 9.17) is 0 Å². The molecule has 2 fully saturated rings. The average molecular weight is 186 g/mol. The molecule has 0 amide bonds. The van der Waals surface area contributed by atoms with E-state index in [1.54, 1.807) is 0 Å². The zero-order valence-corrected chi connectivity index (χ0v) is 8.32. The van der Waals surface area contributed by atoms with Gasteiger partial charge >= 0.3 is 0 Å². The maximum absolute atomic E-state index is 4.27. The van der Waals surface area contributed by atoms with Crippen LogP contribution in [0.3, 0.4) is 0 Å². The average Bonchev–Trinajstić information content (AvgIpc) is 2.13. The zero-order chi connectivity index (χ0) is 8.39. The molecule has 70 valence electrons. The number of rotatable bonds is 2. The van der Waals surface area contributed by atoms with E-state index in [0.29, 0.717) is 0 Å². The molecule has 1 heterocycles. The molecule has 0 bridgehead atoms. The molecule has 2 N–H and O–H groups in total. The summed E-state index contributed by atoms with van der Waals surface area (Å²) >= 11 is 4.27. The van der Waals surface area contributed by atoms with Crippen molar-refractivity contribution in [2.24, 2.45) is 5.92 Å². The van der Waals surface area contributed by atoms with Crippen LogP contribution in [0.1, 0.15) is 19.3 Å². The summed E-state index contributed by atoms with van der Waals surface area (Å²) in [5.41, 5.74) is 0. The Morgan fingerprint density at radius 2 is 1.67 bits per heavy atom. The van der Waals surface area contributed by atoms with E-state index in [1.165, 1.54) is 32.4 Å². The van der Waals surface area contributed by atoms with Gasteiger partial charge in [0.05, 0.1) is 0 Å². The Morgan fingerprint density at radius 3 is 2.08 bits per heavy atom. The molecule has 3 atom stereocenters. The Bertz CT molecular complexity index is 137. The molecule has 1 saturated heterocycles. The molecule has 1 saturated carbocycles. The van der Waals surface area contributed by atoms with Crippen LogP contribution in [-0.4, -0.2) is 30.9 Å². The molecule has 1 aliphatic heterocycles. The zero-order valence-electron chi connectivity index (χ0n) is 7.42. The van der Waals surface area contributed by atoms with E-state index in [-0.39, 0.29) is 0 Å². The molecule has 1 unspecified atom stereocenters. The van der Waals surface area contributed by atoms with E-state index in [1.807, 2.05) is 0 Å². The number of hydrogen-bond donors (Lipinski definition) is 3. The van der Waals surface area contributed by atoms with Gasteiger partial charge in [0, 0.05) is 12.1 Å². The summed E-state index contributed by atoms with van der Waals surface area (Å²) in [7, 11) is 0. The molecule has 0 aromatic rings. The highest BCUT2D eigenvalue weighted by Gasteiger charge is 2.32. The first kappa shape index (κ1) is 8.85. The first-order chi connectivity index (χ1) is 5.90. The van der Waals surface area contributed by atoms with Crippen LogP contribution in [0.15, 0.2) is 0 Å². The van der Waals surface area contributed by atoms with E-state index in [2.05, 4.69) is 23.3 Å². The lowest BCUT2D eigenvalue weighted by Gasteiger charge is -2.35. The van der Waals surface area contributed by atoms with Gasteiger partial charge in [0.15, 0.2) is 0 Å². The van der Waals surface area contributed by atoms with Crippen LogP contribution in [0.4, 0.5) is 0 Å². The standard InChI is InChI=1S/C9H18N2S/c12-4-3-7-5-10-8-1-2-9(8)11-6-7/h7-12H,1-6H2/t7?,8-,9+. The van der Waals surface area contributed by atoms with Gasteiger partial charge in [-0.15, -0.1) is 0 Å². The lowest BCUT2D eigenvalue weighted by molar-refractivity contribution is 0.264. The maximum Gasteiger partial charge on any atom is 0.0221 e. The number of fused-ring (bicyclic) bond motifs is 1. The monoisotopic (exact) mass is 186 g/mol. The Balaban J connectivity index is 1.80. The largest absolute Gasteiger partial charge is 0.312 e. The molecule has 1 aliphatic carbocycles. The van der Waals surface area contributed by atoms with Crippen molar-refractivity contribution < 1.29 is 0 Å². The fourth-order valence-electron chi connectivity index (χ4n) is 2.08. The molecular weight excluding hydrogens is 168 g/mol. The number of hydrogen-bond acceptors (Lipinski definition) is 3. The highest BCUT2D eigenvalue weighted by molar-refractivity contribution is 7.80. The van der Waals surface area contributed by atoms with Crippen molar-refractivity contribution in [2.45, 2.75) is 31.3 Å². The summed E-state index contributed by atoms with van der Waals surface area (Å²) in [5, 5.41) is 7.24. The van der Waals surface area contributed by atoms with Gasteiger partial charge < -0.3 is 10.6 Å². The van der Waals surface area contributed by atoms with Crippen molar-refractivity contribution in [1.29, 1.82) is 0 Å². The lowest BCUT2D eigenvalue weighted by Crippen LogP contribution is -2.52. The fourth-order valence-corrected chi connectivity index (χ4v) is 2.45. The second kappa shape index (κ2) is 3.99. The smallest absolute Gasteiger partial charge is 0.0221 e. The minimum atomic E-state index is 0.773. The van der Waals surface area contributed by atoms with Crippen molar-refractivity contribution in [3.05, 3.63) is 0 Å². The van der Waals surface area contributed by atoms with Crippen molar-refractivity contribution >= 4 is 12.6 Å². The summed E-state index contributed by atoms with van der Waals surface area (Å²) in [6, 6.07) is 1.55. The van der Waals surface area contributed by atoms with Gasteiger partial charge in [-0.2, -0.15) is 12.6 Å². The van der Waals surface area contributed by atoms with Crippen LogP contribution in [-0.2, 0) is 0 Å². The highest BCUT2D eigenvalue weighted by Crippen LogP contribution is 2.22. The molecule has 2 aliphatic rings. The number of nitrogens with one attached hydrogen (secondary N) is 2. The van der Waals surface area contributed by atoms with Gasteiger partial charge in [-0.1, -0.05) is 0 Å². The SMILES string of the molecule is SCCC1CN[C@H]2CC[C@H]2NC1. The second-order valence-corrected chi connectivity index (χ2v) is 4.43. The summed E-state index contributed by atoms with van der Waals surface area (Å²) in [6.07, 6.45) is 3.97. The number of thiol groups is 1. The summed E-state index contributed by atoms with van der Waals surface area (Å²) in [4.78, 5) is 0. The van der Waals surface area contributed by atoms with Crippen LogP contribution in [0, 0.1) is 5.92 Å². The van der Waals surface area contributed by atoms with Crippen molar-refractivity contribution in [3.8, 4) is 0 Å². The van der Waals surface area contributed by atoms with Crippen molar-refractivity contribution in [2.75, 3.05) is 18.8 Å². The third-order valence-corrected chi connectivity index (χ3v) is 3.41. The quantitative estimate of drug-likeness (QED) is 0.552. The molecule has 3 heteroatoms. The van der Waals surface area contributed by atoms with Crippen LogP contribution in [0.2, 0.25) is 0 Å². The van der Waals surface area contributed by atoms with Crippen LogP contribution in [0.25, 0.3) is 0 Å². The maximum atomic E-state index is 4.27. The Hall–Kier alpha value is 0.270. The third-order valence-electron chi connectivity index (χ3n) is 3.15. The molecule has 0 radical (unpaired) electrons. The normalized spacial score (nSPS) is 41.2. The predicted molar refractivity (Wildman–Crippen MR) is 54.8 cm³/mol. The van der Waals surface area contributed by atoms with Crippen molar-refractivity contribution in [1.82, 2.24) is 10.6 Å². The molecule has 2 nitrogen and oxygen atoms in total. The van der Waals surface area contributed by atoms with Crippen LogP contribution in [0.5, 0.6) is 0 Å². The molecule has 0 aromatic heterocycles. The lowest BCUT2D eigenvalue weighted by atomic mass is 9.87. The van der Waals surface area contributed by atoms with Crippen LogP contribution >= 0.6 is 12.6 Å². The summed E-state index contributed by atoms with van der Waals surface area (Å²) in [6.45, 7) is 2.38. The predicted octanol–water partition coefficient (Wildman–Crippen LogP) is 0.646. The van der Waals surface area contributed by atoms with E-state index >= 15 is 0 Å². The van der Waals surface area contributed by atoms with Gasteiger partial charge in [0.2, 0.25) is 0 Å². The van der Waals surface area contributed by atoms with E-state index in [0.717, 1.165) is 23.8 Å². The van der Waals surface area contributed by atoms with Gasteiger partial charge in [-0.3, -0.25) is 0 Å². The Labute approximate surface area is 79.9 Å². The molecule has 2 rings (SSSR count). The van der Waals surface area contributed by atoms with E-state index in [9.17, 15) is 0 Å². The Kier molecular flexibility index (Phi) is 2.94. The molecule has 12 heavy (non-hydrogen) atoms. The summed E-state index contributed by atoms with van der Waals surface area (Å²) in [5.74, 6) is 1.82. The minimum Gasteiger partial charge on any atom is -0.312 e. The first-order valence-corrected chi connectivity index (χ1v) is 5.61. The highest BCUT2D eigenvalue weighted by atomic mass is 32.1. The Morgan fingerprint density at radius 1 is 1.08 bits per heavy atom. The van der Waals surface area contributed by atoms with Gasteiger partial charge in [-0.05, 0) is 44.0 Å². The fraction of sp³-hybridized carbons (Fsp3) is 1.00. The minimum absolute atomic E-state index is 0.773. The van der Waals surface area contributed by atoms with Crippen molar-refractivity contribution in [3.63, 3.8) is 0 Å². The van der Waals surface area contributed by atoms with Gasteiger partial charge in [0.1, 0.15) is 0 Å². The van der Waals surface area contributed by atoms with Crippen LogP contribution < -0.4 is 10.6 Å². The molecular formula is C9H18N2S. The van der Waals surface area contributed by atoms with Gasteiger partial charge in [-0.25, -0.2) is 0 Å². The van der Waals surface area contributed by atoms with E-state index < -0.39 is 0 Å². The molecule has 0 aromatic carbocycles.